The highest BCUT2D eigenvalue weighted by atomic mass is 16.5. The molecule has 0 saturated heterocycles. The lowest BCUT2D eigenvalue weighted by Crippen LogP contribution is -2.03. The second kappa shape index (κ2) is 33.9. The van der Waals surface area contributed by atoms with Crippen LogP contribution in [-0.4, -0.2) is 23.2 Å². The fourth-order valence-corrected chi connectivity index (χ4v) is 11.0. The van der Waals surface area contributed by atoms with Gasteiger partial charge in [-0.3, -0.25) is 0 Å². The maximum absolute atomic E-state index is 6.83. The van der Waals surface area contributed by atoms with Gasteiger partial charge in [-0.25, -0.2) is 9.97 Å². The Bertz CT molecular complexity index is 3040. The van der Waals surface area contributed by atoms with Crippen molar-refractivity contribution in [2.24, 2.45) is 0 Å². The van der Waals surface area contributed by atoms with E-state index in [2.05, 4.69) is 244 Å². The number of rotatable bonds is 34. The van der Waals surface area contributed by atoms with Gasteiger partial charge in [0.05, 0.1) is 36.0 Å². The molecule has 0 atom stereocenters. The first kappa shape index (κ1) is 60.5. The Morgan fingerprint density at radius 3 is 0.821 bits per heavy atom. The van der Waals surface area contributed by atoms with E-state index in [9.17, 15) is 0 Å². The molecule has 0 saturated carbocycles. The molecule has 0 N–H and O–H groups in total. The number of hydrogen-bond donors (Lipinski definition) is 0. The molecule has 4 heteroatoms. The highest BCUT2D eigenvalue weighted by molar-refractivity contribution is 5.82. The van der Waals surface area contributed by atoms with E-state index in [0.29, 0.717) is 13.2 Å². The first-order valence-electron chi connectivity index (χ1n) is 31.9. The first-order valence-corrected chi connectivity index (χ1v) is 31.9. The van der Waals surface area contributed by atoms with Crippen LogP contribution in [0.2, 0.25) is 0 Å². The second-order valence-electron chi connectivity index (χ2n) is 22.6. The zero-order valence-corrected chi connectivity index (χ0v) is 50.2. The van der Waals surface area contributed by atoms with Crippen LogP contribution in [0.1, 0.15) is 165 Å². The number of unbranched alkanes of at least 4 members (excludes halogenated alkanes) is 18. The van der Waals surface area contributed by atoms with E-state index in [4.69, 9.17) is 19.4 Å². The molecule has 430 valence electrons. The molecule has 0 aliphatic heterocycles. The molecule has 0 aliphatic rings. The Balaban J connectivity index is 0.976. The normalized spacial score (nSPS) is 11.5. The topological polar surface area (TPSA) is 44.2 Å². The fourth-order valence-electron chi connectivity index (χ4n) is 11.0. The van der Waals surface area contributed by atoms with Gasteiger partial charge in [-0.15, -0.1) is 0 Å². The maximum Gasteiger partial charge on any atom is 0.127 e. The molecule has 0 fully saturated rings. The van der Waals surface area contributed by atoms with Crippen LogP contribution in [0.5, 0.6) is 11.5 Å². The van der Waals surface area contributed by atoms with Crippen molar-refractivity contribution in [3.63, 3.8) is 0 Å². The third-order valence-corrected chi connectivity index (χ3v) is 16.0. The van der Waals surface area contributed by atoms with E-state index in [1.165, 1.54) is 116 Å². The van der Waals surface area contributed by atoms with Gasteiger partial charge in [-0.1, -0.05) is 324 Å². The summed E-state index contributed by atoms with van der Waals surface area (Å²) in [6, 6.07) is 72.9. The Labute approximate surface area is 503 Å². The van der Waals surface area contributed by atoms with Crippen molar-refractivity contribution in [3.05, 3.63) is 229 Å². The Kier molecular flexibility index (Phi) is 24.4. The van der Waals surface area contributed by atoms with E-state index >= 15 is 0 Å². The second-order valence-corrected chi connectivity index (χ2v) is 22.6. The molecule has 84 heavy (non-hydrogen) atoms. The summed E-state index contributed by atoms with van der Waals surface area (Å²) in [5, 5.41) is 0. The standard InChI is InChI=1S/C80H88N2O2/c1-3-5-7-9-11-13-15-17-19-33-55-83-79-61-72(54-48-64-45-51-66(52-46-64)74-59-77(69-39-29-23-30-40-69)82-78(60-74)70-41-31-24-32-42-70)80(84-56-34-20-18-16-14-12-10-8-6-4-2)62-71(79)53-47-63-43-49-65(50-44-63)73-57-75(67-35-25-21-26-36-67)81-76(58-73)68-37-27-22-28-38-68/h21-32,35-54,57-62H,3-20,33-34,55-56H2,1-2H3/b53-47+,54-48+. The summed E-state index contributed by atoms with van der Waals surface area (Å²) in [5.74, 6) is 1.75. The van der Waals surface area contributed by atoms with Crippen LogP contribution < -0.4 is 9.47 Å². The van der Waals surface area contributed by atoms with Crippen LogP contribution in [0.3, 0.4) is 0 Å². The lowest BCUT2D eigenvalue weighted by Gasteiger charge is -2.16. The van der Waals surface area contributed by atoms with Crippen molar-refractivity contribution in [1.29, 1.82) is 0 Å². The Morgan fingerprint density at radius 2 is 0.536 bits per heavy atom. The van der Waals surface area contributed by atoms with Gasteiger partial charge in [0.15, 0.2) is 0 Å². The van der Waals surface area contributed by atoms with Gasteiger partial charge < -0.3 is 9.47 Å². The van der Waals surface area contributed by atoms with Crippen LogP contribution in [0.15, 0.2) is 206 Å². The van der Waals surface area contributed by atoms with Gasteiger partial charge in [-0.05, 0) is 82.6 Å². The van der Waals surface area contributed by atoms with Crippen LogP contribution in [0.4, 0.5) is 0 Å². The number of hydrogen-bond acceptors (Lipinski definition) is 4. The number of nitrogens with zero attached hydrogens (tertiary/aromatic N) is 2. The minimum absolute atomic E-state index is 0.671. The summed E-state index contributed by atoms with van der Waals surface area (Å²) >= 11 is 0. The summed E-state index contributed by atoms with van der Waals surface area (Å²) in [5.41, 5.74) is 17.0. The highest BCUT2D eigenvalue weighted by Crippen LogP contribution is 2.36. The van der Waals surface area contributed by atoms with Crippen LogP contribution in [0.25, 0.3) is 91.6 Å². The zero-order valence-electron chi connectivity index (χ0n) is 50.2. The number of pyridine rings is 2. The fraction of sp³-hybridized carbons (Fsp3) is 0.300. The third-order valence-electron chi connectivity index (χ3n) is 16.0. The molecule has 0 aliphatic carbocycles. The van der Waals surface area contributed by atoms with Crippen molar-refractivity contribution >= 4 is 24.3 Å². The van der Waals surface area contributed by atoms with Crippen molar-refractivity contribution in [2.45, 2.75) is 142 Å². The summed E-state index contributed by atoms with van der Waals surface area (Å²) in [4.78, 5) is 10.3. The molecule has 0 amide bonds. The lowest BCUT2D eigenvalue weighted by atomic mass is 9.98. The summed E-state index contributed by atoms with van der Waals surface area (Å²) < 4.78 is 13.7. The molecule has 0 bridgehead atoms. The van der Waals surface area contributed by atoms with E-state index < -0.39 is 0 Å². The van der Waals surface area contributed by atoms with Gasteiger partial charge in [0, 0.05) is 33.4 Å². The van der Waals surface area contributed by atoms with Crippen molar-refractivity contribution in [2.75, 3.05) is 13.2 Å². The largest absolute Gasteiger partial charge is 0.493 e. The smallest absolute Gasteiger partial charge is 0.127 e. The minimum Gasteiger partial charge on any atom is -0.493 e. The van der Waals surface area contributed by atoms with Crippen LogP contribution in [-0.2, 0) is 0 Å². The molecule has 2 heterocycles. The van der Waals surface area contributed by atoms with E-state index in [1.54, 1.807) is 0 Å². The molecular weight excluding hydrogens is 1020 g/mol. The molecule has 9 rings (SSSR count). The third kappa shape index (κ3) is 19.0. The molecule has 9 aromatic rings. The van der Waals surface area contributed by atoms with Crippen molar-refractivity contribution in [3.8, 4) is 78.8 Å². The maximum atomic E-state index is 6.83. The van der Waals surface area contributed by atoms with Gasteiger partial charge in [-0.2, -0.15) is 0 Å². The van der Waals surface area contributed by atoms with Crippen molar-refractivity contribution in [1.82, 2.24) is 9.97 Å². The highest BCUT2D eigenvalue weighted by Gasteiger charge is 2.14. The average Bonchev–Trinajstić information content (AvgIpc) is 3.42. The summed E-state index contributed by atoms with van der Waals surface area (Å²) in [6.45, 7) is 5.92. The predicted octanol–water partition coefficient (Wildman–Crippen LogP) is 23.4. The van der Waals surface area contributed by atoms with Gasteiger partial charge in [0.2, 0.25) is 0 Å². The molecule has 0 radical (unpaired) electrons. The SMILES string of the molecule is CCCCCCCCCCCCOc1cc(/C=C/c2ccc(-c3cc(-c4ccccc4)nc(-c4ccccc4)c3)cc2)c(OCCCCCCCCCCCC)cc1/C=C/c1ccc(-c2cc(-c3ccccc3)nc(-c3ccccc3)c2)cc1. The number of aromatic nitrogens is 2. The van der Waals surface area contributed by atoms with Gasteiger partial charge >= 0.3 is 0 Å². The molecule has 0 spiro atoms. The molecule has 4 nitrogen and oxygen atoms in total. The van der Waals surface area contributed by atoms with Crippen molar-refractivity contribution < 1.29 is 9.47 Å². The average molecular weight is 1110 g/mol. The monoisotopic (exact) mass is 1110 g/mol. The Morgan fingerprint density at radius 1 is 0.262 bits per heavy atom. The van der Waals surface area contributed by atoms with Gasteiger partial charge in [0.1, 0.15) is 11.5 Å². The lowest BCUT2D eigenvalue weighted by molar-refractivity contribution is 0.295. The summed E-state index contributed by atoms with van der Waals surface area (Å²) in [6.07, 6.45) is 34.5. The quantitative estimate of drug-likeness (QED) is 0.0298. The van der Waals surface area contributed by atoms with Gasteiger partial charge in [0.25, 0.3) is 0 Å². The summed E-state index contributed by atoms with van der Waals surface area (Å²) in [7, 11) is 0. The number of benzene rings is 7. The molecule has 2 aromatic heterocycles. The van der Waals surface area contributed by atoms with E-state index in [0.717, 1.165) is 114 Å². The van der Waals surface area contributed by atoms with Crippen LogP contribution in [0, 0.1) is 0 Å². The minimum atomic E-state index is 0.671. The predicted molar refractivity (Wildman–Crippen MR) is 360 cm³/mol. The van der Waals surface area contributed by atoms with Crippen LogP contribution >= 0.6 is 0 Å². The van der Waals surface area contributed by atoms with E-state index in [1.807, 2.05) is 0 Å². The first-order chi connectivity index (χ1) is 41.6. The molecule has 7 aromatic carbocycles. The molecule has 0 unspecified atom stereocenters. The zero-order chi connectivity index (χ0) is 57.6. The molecular formula is C80H88N2O2. The Hall–Kier alpha value is -8.08. The number of ether oxygens (including phenoxy) is 2. The van der Waals surface area contributed by atoms with E-state index in [-0.39, 0.29) is 0 Å².